The maximum atomic E-state index is 13.2. The summed E-state index contributed by atoms with van der Waals surface area (Å²) in [6.45, 7) is 3.18. The third-order valence-electron chi connectivity index (χ3n) is 9.18. The summed E-state index contributed by atoms with van der Waals surface area (Å²) in [4.78, 5) is 30.7. The third-order valence-corrected chi connectivity index (χ3v) is 9.18. The molecule has 2 aromatic carbocycles. The highest BCUT2D eigenvalue weighted by atomic mass is 16.2. The zero-order valence-corrected chi connectivity index (χ0v) is 20.6. The minimum absolute atomic E-state index is 0.0544. The number of amides is 2. The molecule has 1 aliphatic heterocycles. The van der Waals surface area contributed by atoms with Crippen molar-refractivity contribution in [3.63, 3.8) is 0 Å². The molecule has 5 fully saturated rings. The molecule has 1 saturated heterocycles. The molecule has 0 unspecified atom stereocenters. The van der Waals surface area contributed by atoms with E-state index >= 15 is 0 Å². The molecule has 0 atom stereocenters. The molecule has 4 saturated carbocycles. The number of carbonyl (C=O) groups excluding carboxylic acids is 2. The molecule has 2 aromatic rings. The van der Waals surface area contributed by atoms with Gasteiger partial charge in [-0.3, -0.25) is 14.5 Å². The van der Waals surface area contributed by atoms with E-state index in [2.05, 4.69) is 70.9 Å². The number of benzene rings is 2. The van der Waals surface area contributed by atoms with Gasteiger partial charge in [-0.2, -0.15) is 0 Å². The molecular weight excluding hydrogens is 434 g/mol. The summed E-state index contributed by atoms with van der Waals surface area (Å²) in [6, 6.07) is 21.4. The lowest BCUT2D eigenvalue weighted by atomic mass is 9.49. The normalized spacial score (nSPS) is 30.0. The predicted octanol–water partition coefficient (Wildman–Crippen LogP) is 4.25. The van der Waals surface area contributed by atoms with E-state index in [1.165, 1.54) is 30.4 Å². The summed E-state index contributed by atoms with van der Waals surface area (Å²) in [5.41, 5.74) is 2.37. The average Bonchev–Trinajstić information content (AvgIpc) is 2.88. The molecule has 1 N–H and O–H groups in total. The van der Waals surface area contributed by atoms with Crippen LogP contribution in [0.4, 0.5) is 0 Å². The minimum atomic E-state index is -0.188. The fraction of sp³-hybridized carbons (Fsp3) is 0.533. The summed E-state index contributed by atoms with van der Waals surface area (Å²) in [5, 5.41) is 3.08. The van der Waals surface area contributed by atoms with Gasteiger partial charge in [0.25, 0.3) is 0 Å². The first kappa shape index (κ1) is 22.8. The number of carbonyl (C=O) groups is 2. The summed E-state index contributed by atoms with van der Waals surface area (Å²) in [5.74, 6) is 2.41. The van der Waals surface area contributed by atoms with Crippen molar-refractivity contribution in [1.82, 2.24) is 15.1 Å². The molecular formula is C30H37N3O2. The number of piperazine rings is 1. The van der Waals surface area contributed by atoms with E-state index in [1.807, 2.05) is 4.90 Å². The molecule has 1 heterocycles. The monoisotopic (exact) mass is 471 g/mol. The van der Waals surface area contributed by atoms with Crippen LogP contribution in [0.5, 0.6) is 0 Å². The van der Waals surface area contributed by atoms with Crippen LogP contribution in [-0.4, -0.2) is 54.3 Å². The second kappa shape index (κ2) is 9.42. The standard InChI is InChI=1S/C30H37N3O2/c34-27(21-31-29(35)30-18-22-15-23(19-30)17-24(16-22)20-30)32-11-13-33(14-12-32)28(25-7-3-1-4-8-25)26-9-5-2-6-10-26/h1-10,22-24,28H,11-21H2,(H,31,35). The molecule has 0 aromatic heterocycles. The number of nitrogens with zero attached hydrogens (tertiary/aromatic N) is 2. The molecule has 5 nitrogen and oxygen atoms in total. The lowest BCUT2D eigenvalue weighted by molar-refractivity contribution is -0.148. The zero-order chi connectivity index (χ0) is 23.8. The molecule has 2 amide bonds. The lowest BCUT2D eigenvalue weighted by Gasteiger charge is -2.55. The molecule has 0 radical (unpaired) electrons. The molecule has 0 spiro atoms. The van der Waals surface area contributed by atoms with Crippen LogP contribution in [0.1, 0.15) is 55.7 Å². The molecule has 184 valence electrons. The Morgan fingerprint density at radius 3 is 1.74 bits per heavy atom. The highest BCUT2D eigenvalue weighted by Crippen LogP contribution is 2.60. The van der Waals surface area contributed by atoms with E-state index in [0.717, 1.165) is 50.1 Å². The van der Waals surface area contributed by atoms with Gasteiger partial charge in [0, 0.05) is 31.6 Å². The van der Waals surface area contributed by atoms with Gasteiger partial charge >= 0.3 is 0 Å². The maximum Gasteiger partial charge on any atom is 0.242 e. The van der Waals surface area contributed by atoms with Crippen LogP contribution in [0, 0.1) is 23.2 Å². The van der Waals surface area contributed by atoms with Gasteiger partial charge in [0.15, 0.2) is 0 Å². The average molecular weight is 472 g/mol. The quantitative estimate of drug-likeness (QED) is 0.685. The molecule has 7 rings (SSSR count). The first-order valence-corrected chi connectivity index (χ1v) is 13.5. The van der Waals surface area contributed by atoms with E-state index in [0.29, 0.717) is 13.1 Å². The second-order valence-electron chi connectivity index (χ2n) is 11.5. The number of nitrogens with one attached hydrogen (secondary N) is 1. The summed E-state index contributed by atoms with van der Waals surface area (Å²) in [6.07, 6.45) is 7.09. The fourth-order valence-corrected chi connectivity index (χ4v) is 7.96. The first-order chi connectivity index (χ1) is 17.1. The van der Waals surface area contributed by atoms with Crippen LogP contribution in [0.15, 0.2) is 60.7 Å². The van der Waals surface area contributed by atoms with Gasteiger partial charge in [0.05, 0.1) is 12.6 Å². The van der Waals surface area contributed by atoms with Crippen LogP contribution in [0.2, 0.25) is 0 Å². The van der Waals surface area contributed by atoms with Gasteiger partial charge in [-0.05, 0) is 67.4 Å². The van der Waals surface area contributed by atoms with Crippen molar-refractivity contribution < 1.29 is 9.59 Å². The molecule has 5 heteroatoms. The second-order valence-corrected chi connectivity index (χ2v) is 11.5. The van der Waals surface area contributed by atoms with Crippen molar-refractivity contribution >= 4 is 11.8 Å². The maximum absolute atomic E-state index is 13.2. The lowest BCUT2D eigenvalue weighted by Crippen LogP contribution is -2.56. The molecule has 4 bridgehead atoms. The SMILES string of the molecule is O=C(CNC(=O)C12CC3CC(CC(C3)C1)C2)N1CCN(C(c2ccccc2)c2ccccc2)CC1. The van der Waals surface area contributed by atoms with Crippen molar-refractivity contribution in [3.05, 3.63) is 71.8 Å². The van der Waals surface area contributed by atoms with Crippen LogP contribution in [0.25, 0.3) is 0 Å². The largest absolute Gasteiger partial charge is 0.347 e. The smallest absolute Gasteiger partial charge is 0.242 e. The van der Waals surface area contributed by atoms with E-state index in [1.54, 1.807) is 0 Å². The molecule has 5 aliphatic rings. The van der Waals surface area contributed by atoms with Crippen LogP contribution in [-0.2, 0) is 9.59 Å². The highest BCUT2D eigenvalue weighted by molar-refractivity contribution is 5.88. The van der Waals surface area contributed by atoms with Crippen LogP contribution < -0.4 is 5.32 Å². The first-order valence-electron chi connectivity index (χ1n) is 13.5. The van der Waals surface area contributed by atoms with Crippen molar-refractivity contribution in [2.45, 2.75) is 44.6 Å². The minimum Gasteiger partial charge on any atom is -0.347 e. The number of rotatable bonds is 6. The topological polar surface area (TPSA) is 52.7 Å². The number of hydrogen-bond acceptors (Lipinski definition) is 3. The Hall–Kier alpha value is -2.66. The fourth-order valence-electron chi connectivity index (χ4n) is 7.96. The Balaban J connectivity index is 1.06. The Labute approximate surface area is 208 Å². The van der Waals surface area contributed by atoms with Crippen LogP contribution >= 0.6 is 0 Å². The van der Waals surface area contributed by atoms with Crippen LogP contribution in [0.3, 0.4) is 0 Å². The van der Waals surface area contributed by atoms with E-state index < -0.39 is 0 Å². The van der Waals surface area contributed by atoms with Crippen molar-refractivity contribution in [3.8, 4) is 0 Å². The van der Waals surface area contributed by atoms with E-state index in [9.17, 15) is 9.59 Å². The van der Waals surface area contributed by atoms with Gasteiger partial charge in [-0.25, -0.2) is 0 Å². The summed E-state index contributed by atoms with van der Waals surface area (Å²) in [7, 11) is 0. The van der Waals surface area contributed by atoms with Crippen molar-refractivity contribution in [1.29, 1.82) is 0 Å². The Morgan fingerprint density at radius 2 is 1.26 bits per heavy atom. The molecule has 4 aliphatic carbocycles. The van der Waals surface area contributed by atoms with Crippen molar-refractivity contribution in [2.24, 2.45) is 23.2 Å². The zero-order valence-electron chi connectivity index (χ0n) is 20.6. The van der Waals surface area contributed by atoms with E-state index in [-0.39, 0.29) is 29.8 Å². The highest BCUT2D eigenvalue weighted by Gasteiger charge is 2.54. The van der Waals surface area contributed by atoms with E-state index in [4.69, 9.17) is 0 Å². The van der Waals surface area contributed by atoms with Gasteiger partial charge in [0.2, 0.25) is 11.8 Å². The summed E-state index contributed by atoms with van der Waals surface area (Å²) < 4.78 is 0. The van der Waals surface area contributed by atoms with Crippen molar-refractivity contribution in [2.75, 3.05) is 32.7 Å². The Kier molecular flexibility index (Phi) is 6.13. The Morgan fingerprint density at radius 1 is 0.771 bits per heavy atom. The molecule has 35 heavy (non-hydrogen) atoms. The predicted molar refractivity (Wildman–Crippen MR) is 136 cm³/mol. The Bertz CT molecular complexity index is 971. The van der Waals surface area contributed by atoms with Gasteiger partial charge in [-0.15, -0.1) is 0 Å². The van der Waals surface area contributed by atoms with Gasteiger partial charge in [0.1, 0.15) is 0 Å². The number of hydrogen-bond donors (Lipinski definition) is 1. The summed E-state index contributed by atoms with van der Waals surface area (Å²) >= 11 is 0. The van der Waals surface area contributed by atoms with Gasteiger partial charge in [-0.1, -0.05) is 60.7 Å². The van der Waals surface area contributed by atoms with Gasteiger partial charge < -0.3 is 10.2 Å². The third kappa shape index (κ3) is 4.51.